The summed E-state index contributed by atoms with van der Waals surface area (Å²) in [5.74, 6) is 0.940. The van der Waals surface area contributed by atoms with Gasteiger partial charge in [-0.05, 0) is 30.5 Å². The maximum absolute atomic E-state index is 12.4. The van der Waals surface area contributed by atoms with Crippen LogP contribution in [-0.4, -0.2) is 39.6 Å². The zero-order valence-corrected chi connectivity index (χ0v) is 16.3. The van der Waals surface area contributed by atoms with E-state index in [4.69, 9.17) is 27.9 Å². The molecular weight excluding hydrogens is 373 g/mol. The lowest BCUT2D eigenvalue weighted by molar-refractivity contribution is -0.133. The van der Waals surface area contributed by atoms with Crippen molar-refractivity contribution in [3.63, 3.8) is 0 Å². The monoisotopic (exact) mass is 395 g/mol. The van der Waals surface area contributed by atoms with Crippen LogP contribution in [-0.2, 0) is 22.6 Å². The molecule has 5 nitrogen and oxygen atoms in total. The fourth-order valence-electron chi connectivity index (χ4n) is 3.15. The van der Waals surface area contributed by atoms with E-state index in [1.807, 2.05) is 34.7 Å². The van der Waals surface area contributed by atoms with E-state index < -0.39 is 0 Å². The van der Waals surface area contributed by atoms with Crippen LogP contribution in [0.2, 0.25) is 10.0 Å². The van der Waals surface area contributed by atoms with Gasteiger partial charge < -0.3 is 14.2 Å². The number of nitrogens with zero attached hydrogens (tertiary/aromatic N) is 3. The van der Waals surface area contributed by atoms with Crippen LogP contribution in [0.3, 0.4) is 0 Å². The number of ether oxygens (including phenoxy) is 1. The van der Waals surface area contributed by atoms with Crippen LogP contribution in [0, 0.1) is 0 Å². The molecule has 140 valence electrons. The molecule has 1 unspecified atom stereocenters. The van der Waals surface area contributed by atoms with Crippen molar-refractivity contribution in [1.82, 2.24) is 14.5 Å². The second kappa shape index (κ2) is 8.89. The first kappa shape index (κ1) is 19.2. The van der Waals surface area contributed by atoms with E-state index in [1.54, 1.807) is 12.3 Å². The first-order chi connectivity index (χ1) is 12.6. The lowest BCUT2D eigenvalue weighted by Crippen LogP contribution is -2.37. The maximum Gasteiger partial charge on any atom is 0.222 e. The molecule has 0 saturated carbocycles. The Hall–Kier alpha value is -1.56. The van der Waals surface area contributed by atoms with Gasteiger partial charge in [0.2, 0.25) is 5.91 Å². The Morgan fingerprint density at radius 2 is 2.27 bits per heavy atom. The number of carbonyl (C=O) groups excluding carboxylic acids is 1. The fraction of sp³-hybridized carbons (Fsp3) is 0.474. The molecule has 26 heavy (non-hydrogen) atoms. The minimum Gasteiger partial charge on any atom is -0.376 e. The van der Waals surface area contributed by atoms with Crippen LogP contribution in [0.1, 0.15) is 37.6 Å². The average molecular weight is 396 g/mol. The fourth-order valence-corrected chi connectivity index (χ4v) is 3.62. The van der Waals surface area contributed by atoms with Gasteiger partial charge in [-0.2, -0.15) is 0 Å². The van der Waals surface area contributed by atoms with Gasteiger partial charge in [0.25, 0.3) is 0 Å². The summed E-state index contributed by atoms with van der Waals surface area (Å²) in [6.07, 6.45) is 6.31. The standard InChI is InChI=1S/C19H23Cl2N3O2/c1-2-19(25)24(12-16-4-3-9-26-16)13-18-22-7-8-23(18)11-14-5-6-15(20)10-17(14)21/h5-8,10,16H,2-4,9,11-13H2,1H3. The average Bonchev–Trinajstić information content (AvgIpc) is 3.28. The van der Waals surface area contributed by atoms with Crippen LogP contribution in [0.4, 0.5) is 0 Å². The molecule has 0 bridgehead atoms. The van der Waals surface area contributed by atoms with Crippen LogP contribution in [0.5, 0.6) is 0 Å². The molecule has 0 N–H and O–H groups in total. The quantitative estimate of drug-likeness (QED) is 0.706. The third-order valence-electron chi connectivity index (χ3n) is 4.59. The zero-order valence-electron chi connectivity index (χ0n) is 14.8. The Bertz CT molecular complexity index is 757. The van der Waals surface area contributed by atoms with E-state index in [9.17, 15) is 4.79 Å². The SMILES string of the molecule is CCC(=O)N(Cc1nccn1Cc1ccc(Cl)cc1Cl)CC1CCCO1. The summed E-state index contributed by atoms with van der Waals surface area (Å²) in [5, 5.41) is 1.24. The minimum atomic E-state index is 0.111. The van der Waals surface area contributed by atoms with Crippen molar-refractivity contribution < 1.29 is 9.53 Å². The van der Waals surface area contributed by atoms with Gasteiger partial charge in [-0.1, -0.05) is 36.2 Å². The van der Waals surface area contributed by atoms with Crippen LogP contribution in [0.15, 0.2) is 30.6 Å². The molecule has 1 aliphatic heterocycles. The number of amides is 1. The number of imidazole rings is 1. The predicted octanol–water partition coefficient (Wildman–Crippen LogP) is 4.16. The van der Waals surface area contributed by atoms with Crippen molar-refractivity contribution in [3.05, 3.63) is 52.0 Å². The molecule has 1 aliphatic rings. The van der Waals surface area contributed by atoms with E-state index in [1.165, 1.54) is 0 Å². The number of hydrogen-bond donors (Lipinski definition) is 0. The third-order valence-corrected chi connectivity index (χ3v) is 5.18. The molecule has 1 atom stereocenters. The van der Waals surface area contributed by atoms with Crippen molar-refractivity contribution in [3.8, 4) is 0 Å². The third kappa shape index (κ3) is 4.78. The first-order valence-corrected chi connectivity index (χ1v) is 9.65. The van der Waals surface area contributed by atoms with Crippen molar-refractivity contribution in [2.75, 3.05) is 13.2 Å². The smallest absolute Gasteiger partial charge is 0.222 e. The molecule has 0 aliphatic carbocycles. The molecule has 3 rings (SSSR count). The molecule has 1 aromatic heterocycles. The van der Waals surface area contributed by atoms with Crippen LogP contribution >= 0.6 is 23.2 Å². The maximum atomic E-state index is 12.4. The van der Waals surface area contributed by atoms with Gasteiger partial charge in [-0.3, -0.25) is 4.79 Å². The van der Waals surface area contributed by atoms with Crippen molar-refractivity contribution in [2.24, 2.45) is 0 Å². The highest BCUT2D eigenvalue weighted by molar-refractivity contribution is 6.35. The van der Waals surface area contributed by atoms with Crippen LogP contribution < -0.4 is 0 Å². The molecular formula is C19H23Cl2N3O2. The lowest BCUT2D eigenvalue weighted by atomic mass is 10.2. The van der Waals surface area contributed by atoms with Gasteiger partial charge in [0, 0.05) is 42.0 Å². The van der Waals surface area contributed by atoms with Gasteiger partial charge in [0.05, 0.1) is 19.2 Å². The summed E-state index contributed by atoms with van der Waals surface area (Å²) < 4.78 is 7.71. The molecule has 1 amide bonds. The predicted molar refractivity (Wildman–Crippen MR) is 102 cm³/mol. The van der Waals surface area contributed by atoms with Gasteiger partial charge in [0.15, 0.2) is 0 Å². The molecule has 1 saturated heterocycles. The van der Waals surface area contributed by atoms with E-state index in [0.29, 0.717) is 36.1 Å². The van der Waals surface area contributed by atoms with Gasteiger partial charge in [-0.25, -0.2) is 4.98 Å². The summed E-state index contributed by atoms with van der Waals surface area (Å²) >= 11 is 12.3. The topological polar surface area (TPSA) is 47.4 Å². The number of benzene rings is 1. The number of carbonyl (C=O) groups is 1. The number of rotatable bonds is 7. The summed E-state index contributed by atoms with van der Waals surface area (Å²) in [6.45, 7) is 4.32. The van der Waals surface area contributed by atoms with Crippen LogP contribution in [0.25, 0.3) is 0 Å². The van der Waals surface area contributed by atoms with Gasteiger partial charge >= 0.3 is 0 Å². The normalized spacial score (nSPS) is 16.8. The molecule has 2 aromatic rings. The zero-order chi connectivity index (χ0) is 18.5. The summed E-state index contributed by atoms with van der Waals surface area (Å²) in [7, 11) is 0. The Balaban J connectivity index is 1.73. The molecule has 0 spiro atoms. The van der Waals surface area contributed by atoms with Gasteiger partial charge in [0.1, 0.15) is 5.82 Å². The Labute approximate surface area is 163 Å². The van der Waals surface area contributed by atoms with Crippen molar-refractivity contribution >= 4 is 29.1 Å². The molecule has 0 radical (unpaired) electrons. The van der Waals surface area contributed by atoms with Crippen molar-refractivity contribution in [1.29, 1.82) is 0 Å². The highest BCUT2D eigenvalue weighted by atomic mass is 35.5. The highest BCUT2D eigenvalue weighted by Gasteiger charge is 2.23. The minimum absolute atomic E-state index is 0.111. The van der Waals surface area contributed by atoms with Gasteiger partial charge in [-0.15, -0.1) is 0 Å². The summed E-state index contributed by atoms with van der Waals surface area (Å²) in [5.41, 5.74) is 0.961. The largest absolute Gasteiger partial charge is 0.376 e. The molecule has 2 heterocycles. The Morgan fingerprint density at radius 1 is 1.42 bits per heavy atom. The summed E-state index contributed by atoms with van der Waals surface area (Å²) in [6, 6.07) is 5.47. The second-order valence-electron chi connectivity index (χ2n) is 6.47. The van der Waals surface area contributed by atoms with E-state index in [-0.39, 0.29) is 12.0 Å². The lowest BCUT2D eigenvalue weighted by Gasteiger charge is -2.25. The summed E-state index contributed by atoms with van der Waals surface area (Å²) in [4.78, 5) is 18.7. The van der Waals surface area contributed by atoms with Crippen molar-refractivity contribution in [2.45, 2.75) is 45.4 Å². The highest BCUT2D eigenvalue weighted by Crippen LogP contribution is 2.22. The van der Waals surface area contributed by atoms with E-state index in [0.717, 1.165) is 30.8 Å². The number of halogens is 2. The second-order valence-corrected chi connectivity index (χ2v) is 7.31. The Morgan fingerprint density at radius 3 is 2.96 bits per heavy atom. The first-order valence-electron chi connectivity index (χ1n) is 8.90. The molecule has 7 heteroatoms. The number of hydrogen-bond acceptors (Lipinski definition) is 3. The molecule has 1 fully saturated rings. The van der Waals surface area contributed by atoms with E-state index >= 15 is 0 Å². The van der Waals surface area contributed by atoms with E-state index in [2.05, 4.69) is 4.98 Å². The number of aromatic nitrogens is 2. The molecule has 1 aromatic carbocycles. The Kier molecular flexibility index (Phi) is 6.57.